The number of aryl methyl sites for hydroxylation is 1. The third kappa shape index (κ3) is 5.20. The van der Waals surface area contributed by atoms with Crippen LogP contribution in [0, 0.1) is 6.92 Å². The largest absolute Gasteiger partial charge is 0.366 e. The highest BCUT2D eigenvalue weighted by Crippen LogP contribution is 2.32. The van der Waals surface area contributed by atoms with E-state index in [1.54, 1.807) is 46.6 Å². The second-order valence-corrected chi connectivity index (χ2v) is 10.5. The fraction of sp³-hybridized carbons (Fsp3) is 0.231. The predicted octanol–water partition coefficient (Wildman–Crippen LogP) is 4.98. The highest BCUT2D eigenvalue weighted by atomic mass is 35.5. The van der Waals surface area contributed by atoms with Gasteiger partial charge in [0.15, 0.2) is 0 Å². The maximum Gasteiger partial charge on any atom is 0.254 e. The fourth-order valence-corrected chi connectivity index (χ4v) is 5.74. The molecule has 0 atom stereocenters. The number of fused-ring (bicyclic) bond motifs is 1. The molecule has 2 amide bonds. The van der Waals surface area contributed by atoms with Crippen LogP contribution < -0.4 is 16.0 Å². The molecule has 1 fully saturated rings. The van der Waals surface area contributed by atoms with Crippen molar-refractivity contribution in [1.82, 2.24) is 14.9 Å². The Hall–Kier alpha value is -3.40. The molecule has 0 radical (unpaired) electrons. The second-order valence-electron chi connectivity index (χ2n) is 8.75. The monoisotopic (exact) mass is 554 g/mol. The van der Waals surface area contributed by atoms with Crippen LogP contribution >= 0.6 is 34.5 Å². The highest BCUT2D eigenvalue weighted by Gasteiger charge is 2.26. The Labute approximate surface area is 228 Å². The Balaban J connectivity index is 1.34. The summed E-state index contributed by atoms with van der Waals surface area (Å²) in [7, 11) is 0. The smallest absolute Gasteiger partial charge is 0.254 e. The zero-order valence-corrected chi connectivity index (χ0v) is 22.3. The van der Waals surface area contributed by atoms with Crippen LogP contribution in [0.2, 0.25) is 10.0 Å². The third-order valence-electron chi connectivity index (χ3n) is 6.34. The van der Waals surface area contributed by atoms with E-state index in [-0.39, 0.29) is 11.5 Å². The lowest BCUT2D eigenvalue weighted by Gasteiger charge is -2.35. The van der Waals surface area contributed by atoms with Gasteiger partial charge in [0.2, 0.25) is 11.9 Å². The highest BCUT2D eigenvalue weighted by molar-refractivity contribution is 7.17. The summed E-state index contributed by atoms with van der Waals surface area (Å²) in [6.45, 7) is 4.58. The van der Waals surface area contributed by atoms with Gasteiger partial charge in [0.1, 0.15) is 10.6 Å². The molecule has 37 heavy (non-hydrogen) atoms. The molecule has 1 aliphatic heterocycles. The number of anilines is 2. The fourth-order valence-electron chi connectivity index (χ4n) is 4.35. The minimum atomic E-state index is -0.615. The molecule has 2 aromatic carbocycles. The summed E-state index contributed by atoms with van der Waals surface area (Å²) >= 11 is 14.0. The molecule has 0 aliphatic carbocycles. The molecule has 1 aliphatic rings. The van der Waals surface area contributed by atoms with Crippen molar-refractivity contribution < 1.29 is 9.59 Å². The molecule has 5 rings (SSSR count). The van der Waals surface area contributed by atoms with Gasteiger partial charge in [0.25, 0.3) is 5.91 Å². The van der Waals surface area contributed by atoms with E-state index < -0.39 is 5.91 Å². The van der Waals surface area contributed by atoms with Crippen molar-refractivity contribution in [3.05, 3.63) is 80.1 Å². The molecule has 3 heterocycles. The van der Waals surface area contributed by atoms with Gasteiger partial charge in [0.05, 0.1) is 16.5 Å². The SMILES string of the molecule is Cc1csc2nc(N3CCN(C(=O)c4ccccc4C(N)=O)CC3)nc(NCc3ccc(Cl)cc3Cl)c12. The first-order valence-electron chi connectivity index (χ1n) is 11.7. The van der Waals surface area contributed by atoms with Gasteiger partial charge in [-0.25, -0.2) is 4.98 Å². The number of carbonyl (C=O) groups is 2. The first-order chi connectivity index (χ1) is 17.8. The molecule has 2 aromatic heterocycles. The van der Waals surface area contributed by atoms with Crippen LogP contribution in [0.4, 0.5) is 11.8 Å². The summed E-state index contributed by atoms with van der Waals surface area (Å²) in [5.41, 5.74) is 8.03. The van der Waals surface area contributed by atoms with Crippen molar-refractivity contribution in [2.75, 3.05) is 36.4 Å². The number of primary amides is 1. The number of thiophene rings is 1. The van der Waals surface area contributed by atoms with Crippen molar-refractivity contribution in [3.8, 4) is 0 Å². The summed E-state index contributed by atoms with van der Waals surface area (Å²) in [5.74, 6) is 0.513. The number of nitrogens with zero attached hydrogens (tertiary/aromatic N) is 4. The molecule has 0 spiro atoms. The second kappa shape index (κ2) is 10.5. The Morgan fingerprint density at radius 2 is 1.78 bits per heavy atom. The number of piperazine rings is 1. The molecule has 11 heteroatoms. The van der Waals surface area contributed by atoms with E-state index in [0.717, 1.165) is 27.2 Å². The lowest BCUT2D eigenvalue weighted by atomic mass is 10.1. The van der Waals surface area contributed by atoms with Gasteiger partial charge in [-0.1, -0.05) is 41.4 Å². The molecule has 3 N–H and O–H groups in total. The number of hydrogen-bond acceptors (Lipinski definition) is 7. The first-order valence-corrected chi connectivity index (χ1v) is 13.3. The van der Waals surface area contributed by atoms with E-state index in [1.807, 2.05) is 19.1 Å². The normalized spacial score (nSPS) is 13.7. The van der Waals surface area contributed by atoms with Crippen LogP contribution in [0.1, 0.15) is 31.8 Å². The number of nitrogens with two attached hydrogens (primary N) is 1. The molecular formula is C26H24Cl2N6O2S. The van der Waals surface area contributed by atoms with Gasteiger partial charge in [-0.15, -0.1) is 11.3 Å². The van der Waals surface area contributed by atoms with Crippen molar-refractivity contribution in [1.29, 1.82) is 0 Å². The van der Waals surface area contributed by atoms with Crippen molar-refractivity contribution in [3.63, 3.8) is 0 Å². The lowest BCUT2D eigenvalue weighted by molar-refractivity contribution is 0.0741. The molecule has 0 unspecified atom stereocenters. The van der Waals surface area contributed by atoms with Crippen molar-refractivity contribution in [2.24, 2.45) is 5.73 Å². The lowest BCUT2D eigenvalue weighted by Crippen LogP contribution is -2.49. The van der Waals surface area contributed by atoms with E-state index in [2.05, 4.69) is 15.6 Å². The Bertz CT molecular complexity index is 1500. The van der Waals surface area contributed by atoms with E-state index in [9.17, 15) is 9.59 Å². The maximum atomic E-state index is 13.1. The third-order valence-corrected chi connectivity index (χ3v) is 7.92. The summed E-state index contributed by atoms with van der Waals surface area (Å²) in [6.07, 6.45) is 0. The number of nitrogens with one attached hydrogen (secondary N) is 1. The van der Waals surface area contributed by atoms with Crippen LogP contribution in [-0.2, 0) is 6.54 Å². The number of halogens is 2. The van der Waals surface area contributed by atoms with Crippen LogP contribution in [0.5, 0.6) is 0 Å². The number of carbonyl (C=O) groups excluding carboxylic acids is 2. The molecule has 4 aromatic rings. The zero-order valence-electron chi connectivity index (χ0n) is 20.0. The van der Waals surface area contributed by atoms with E-state index in [0.29, 0.717) is 54.3 Å². The number of hydrogen-bond donors (Lipinski definition) is 2. The minimum absolute atomic E-state index is 0.207. The standard InChI is InChI=1S/C26H24Cl2N6O2S/c1-15-14-37-24-21(15)23(30-13-16-6-7-17(27)12-20(16)28)31-26(32-24)34-10-8-33(9-11-34)25(36)19-5-3-2-4-18(19)22(29)35/h2-7,12,14H,8-11,13H2,1H3,(H2,29,35)(H,30,31,32). The molecule has 1 saturated heterocycles. The Morgan fingerprint density at radius 3 is 2.49 bits per heavy atom. The van der Waals surface area contributed by atoms with E-state index in [4.69, 9.17) is 38.9 Å². The summed E-state index contributed by atoms with van der Waals surface area (Å²) < 4.78 is 0. The molecule has 0 bridgehead atoms. The number of rotatable bonds is 6. The molecule has 190 valence electrons. The summed E-state index contributed by atoms with van der Waals surface area (Å²) in [5, 5.41) is 7.65. The first kappa shape index (κ1) is 25.3. The van der Waals surface area contributed by atoms with Crippen molar-refractivity contribution in [2.45, 2.75) is 13.5 Å². The maximum absolute atomic E-state index is 13.1. The average Bonchev–Trinajstić information content (AvgIpc) is 3.28. The van der Waals surface area contributed by atoms with Crippen LogP contribution in [-0.4, -0.2) is 52.9 Å². The minimum Gasteiger partial charge on any atom is -0.366 e. The van der Waals surface area contributed by atoms with Crippen LogP contribution in [0.3, 0.4) is 0 Å². The summed E-state index contributed by atoms with van der Waals surface area (Å²) in [6, 6.07) is 12.1. The van der Waals surface area contributed by atoms with Gasteiger partial charge in [-0.3, -0.25) is 9.59 Å². The van der Waals surface area contributed by atoms with Gasteiger partial charge >= 0.3 is 0 Å². The van der Waals surface area contributed by atoms with E-state index in [1.165, 1.54) is 0 Å². The Morgan fingerprint density at radius 1 is 1.05 bits per heavy atom. The van der Waals surface area contributed by atoms with Crippen LogP contribution in [0.15, 0.2) is 47.8 Å². The zero-order chi connectivity index (χ0) is 26.1. The van der Waals surface area contributed by atoms with Gasteiger partial charge in [-0.05, 0) is 47.7 Å². The topological polar surface area (TPSA) is 104 Å². The summed E-state index contributed by atoms with van der Waals surface area (Å²) in [4.78, 5) is 39.2. The van der Waals surface area contributed by atoms with Crippen molar-refractivity contribution >= 4 is 68.3 Å². The Kier molecular flexibility index (Phi) is 7.19. The predicted molar refractivity (Wildman–Crippen MR) is 149 cm³/mol. The van der Waals surface area contributed by atoms with Gasteiger partial charge in [0, 0.05) is 42.8 Å². The van der Waals surface area contributed by atoms with Gasteiger partial charge < -0.3 is 20.9 Å². The molecule has 0 saturated carbocycles. The average molecular weight is 555 g/mol. The number of aromatic nitrogens is 2. The molecule has 8 nitrogen and oxygen atoms in total. The molecular weight excluding hydrogens is 531 g/mol. The number of benzene rings is 2. The van der Waals surface area contributed by atoms with E-state index >= 15 is 0 Å². The van der Waals surface area contributed by atoms with Crippen LogP contribution in [0.25, 0.3) is 10.2 Å². The number of amides is 2. The van der Waals surface area contributed by atoms with Gasteiger partial charge in [-0.2, -0.15) is 4.98 Å². The quantitative estimate of drug-likeness (QED) is 0.348.